The number of fused-ring (bicyclic) bond motifs is 3. The van der Waals surface area contributed by atoms with Gasteiger partial charge in [0.1, 0.15) is 6.61 Å². The van der Waals surface area contributed by atoms with Gasteiger partial charge in [0.15, 0.2) is 5.92 Å². The Morgan fingerprint density at radius 2 is 1.57 bits per heavy atom. The summed E-state index contributed by atoms with van der Waals surface area (Å²) in [5.74, 6) is -3.72. The van der Waals surface area contributed by atoms with Gasteiger partial charge in [0.25, 0.3) is 0 Å². The second-order valence-corrected chi connectivity index (χ2v) is 7.61. The van der Waals surface area contributed by atoms with Crippen LogP contribution in [0.25, 0.3) is 11.1 Å². The van der Waals surface area contributed by atoms with E-state index >= 15 is 0 Å². The Labute approximate surface area is 175 Å². The van der Waals surface area contributed by atoms with E-state index in [1.54, 1.807) is 18.2 Å². The van der Waals surface area contributed by atoms with Crippen LogP contribution in [0.5, 0.6) is 0 Å². The number of ether oxygens (including phenoxy) is 1. The number of benzene rings is 3. The molecule has 3 aromatic carbocycles. The lowest BCUT2D eigenvalue weighted by Gasteiger charge is -2.21. The highest BCUT2D eigenvalue weighted by atomic mass is 16.5. The highest BCUT2D eigenvalue weighted by Gasteiger charge is 2.37. The van der Waals surface area contributed by atoms with Gasteiger partial charge in [-0.25, -0.2) is 0 Å². The van der Waals surface area contributed by atoms with Crippen LogP contribution in [0.15, 0.2) is 72.8 Å². The maximum atomic E-state index is 12.8. The summed E-state index contributed by atoms with van der Waals surface area (Å²) < 4.78 is 5.54. The molecule has 5 nitrogen and oxygen atoms in total. The van der Waals surface area contributed by atoms with Crippen molar-refractivity contribution in [1.82, 2.24) is 0 Å². The Morgan fingerprint density at radius 3 is 2.13 bits per heavy atom. The number of carboxylic acids is 1. The van der Waals surface area contributed by atoms with E-state index in [9.17, 15) is 14.7 Å². The van der Waals surface area contributed by atoms with E-state index < -0.39 is 23.9 Å². The third kappa shape index (κ3) is 3.60. The third-order valence-electron chi connectivity index (χ3n) is 5.66. The largest absolute Gasteiger partial charge is 0.481 e. The molecular formula is C25H23NO4. The number of carboxylic acid groups (broad SMARTS) is 1. The second-order valence-electron chi connectivity index (χ2n) is 7.61. The van der Waals surface area contributed by atoms with Gasteiger partial charge in [-0.05, 0) is 34.7 Å². The van der Waals surface area contributed by atoms with Crippen LogP contribution in [0.3, 0.4) is 0 Å². The number of esters is 1. The number of nitrogens with two attached hydrogens (primary N) is 1. The highest BCUT2D eigenvalue weighted by Crippen LogP contribution is 2.44. The number of rotatable bonds is 6. The van der Waals surface area contributed by atoms with Crippen molar-refractivity contribution in [2.24, 2.45) is 11.7 Å². The Morgan fingerprint density at radius 1 is 0.967 bits per heavy atom. The molecule has 1 unspecified atom stereocenters. The minimum atomic E-state index is -1.47. The normalized spacial score (nSPS) is 14.5. The van der Waals surface area contributed by atoms with E-state index in [1.807, 2.05) is 61.5 Å². The average Bonchev–Trinajstić information content (AvgIpc) is 3.06. The van der Waals surface area contributed by atoms with Gasteiger partial charge in [-0.15, -0.1) is 0 Å². The number of hydrogen-bond donors (Lipinski definition) is 2. The van der Waals surface area contributed by atoms with Crippen LogP contribution in [0.4, 0.5) is 0 Å². The standard InChI is InChI=1S/C25H23NO4/c1-15-7-6-8-16(13-15)23(26)22(24(27)28)25(29)30-14-21-19-11-4-2-9-17(19)18-10-3-5-12-20(18)21/h2-13,21-23H,14,26H2,1H3,(H,27,28)/t22-,23?/m0/s1. The first kappa shape index (κ1) is 19.9. The first-order valence-electron chi connectivity index (χ1n) is 9.87. The van der Waals surface area contributed by atoms with E-state index in [1.165, 1.54) is 0 Å². The molecule has 1 aliphatic carbocycles. The molecule has 30 heavy (non-hydrogen) atoms. The van der Waals surface area contributed by atoms with Gasteiger partial charge < -0.3 is 15.6 Å². The summed E-state index contributed by atoms with van der Waals surface area (Å²) >= 11 is 0. The van der Waals surface area contributed by atoms with E-state index in [2.05, 4.69) is 0 Å². The number of aryl methyl sites for hydroxylation is 1. The lowest BCUT2D eigenvalue weighted by molar-refractivity contribution is -0.160. The van der Waals surface area contributed by atoms with E-state index in [0.717, 1.165) is 27.8 Å². The molecule has 0 fully saturated rings. The fourth-order valence-corrected chi connectivity index (χ4v) is 4.17. The van der Waals surface area contributed by atoms with Crippen molar-refractivity contribution in [2.45, 2.75) is 18.9 Å². The zero-order chi connectivity index (χ0) is 21.3. The first-order chi connectivity index (χ1) is 14.5. The molecule has 0 bridgehead atoms. The van der Waals surface area contributed by atoms with Crippen molar-refractivity contribution in [1.29, 1.82) is 0 Å². The summed E-state index contributed by atoms with van der Waals surface area (Å²) in [4.78, 5) is 24.6. The molecule has 0 saturated carbocycles. The molecule has 0 amide bonds. The minimum absolute atomic E-state index is 0.0666. The van der Waals surface area contributed by atoms with E-state index in [-0.39, 0.29) is 12.5 Å². The minimum Gasteiger partial charge on any atom is -0.481 e. The molecule has 0 aliphatic heterocycles. The van der Waals surface area contributed by atoms with Gasteiger partial charge in [-0.2, -0.15) is 0 Å². The fraction of sp³-hybridized carbons (Fsp3) is 0.200. The van der Waals surface area contributed by atoms with Gasteiger partial charge in [0.2, 0.25) is 0 Å². The summed E-state index contributed by atoms with van der Waals surface area (Å²) in [7, 11) is 0. The van der Waals surface area contributed by atoms with Gasteiger partial charge >= 0.3 is 11.9 Å². The molecule has 0 aromatic heterocycles. The summed E-state index contributed by atoms with van der Waals surface area (Å²) in [5.41, 5.74) is 12.1. The molecule has 1 aliphatic rings. The molecule has 0 heterocycles. The van der Waals surface area contributed by atoms with Gasteiger partial charge in [0.05, 0.1) is 6.04 Å². The maximum Gasteiger partial charge on any atom is 0.322 e. The van der Waals surface area contributed by atoms with Crippen molar-refractivity contribution in [3.05, 3.63) is 95.1 Å². The van der Waals surface area contributed by atoms with Gasteiger partial charge in [-0.3, -0.25) is 9.59 Å². The zero-order valence-corrected chi connectivity index (χ0v) is 16.6. The predicted octanol–water partition coefficient (Wildman–Crippen LogP) is 4.05. The topological polar surface area (TPSA) is 89.6 Å². The molecule has 0 saturated heterocycles. The molecule has 152 valence electrons. The van der Waals surface area contributed by atoms with Gasteiger partial charge in [-0.1, -0.05) is 78.4 Å². The van der Waals surface area contributed by atoms with Crippen molar-refractivity contribution in [3.63, 3.8) is 0 Å². The fourth-order valence-electron chi connectivity index (χ4n) is 4.17. The van der Waals surface area contributed by atoms with Crippen LogP contribution < -0.4 is 5.73 Å². The summed E-state index contributed by atoms with van der Waals surface area (Å²) in [5, 5.41) is 9.67. The van der Waals surface area contributed by atoms with Gasteiger partial charge in [0, 0.05) is 5.92 Å². The van der Waals surface area contributed by atoms with E-state index in [4.69, 9.17) is 10.5 Å². The first-order valence-corrected chi connectivity index (χ1v) is 9.87. The van der Waals surface area contributed by atoms with Crippen LogP contribution in [0.1, 0.15) is 34.2 Å². The highest BCUT2D eigenvalue weighted by molar-refractivity contribution is 5.95. The number of aliphatic carboxylic acids is 1. The Balaban J connectivity index is 1.55. The number of carbonyl (C=O) groups excluding carboxylic acids is 1. The van der Waals surface area contributed by atoms with E-state index in [0.29, 0.717) is 5.56 Å². The maximum absolute atomic E-state index is 12.8. The Kier molecular flexibility index (Phi) is 5.38. The average molecular weight is 401 g/mol. The molecule has 3 N–H and O–H groups in total. The Bertz CT molecular complexity index is 1060. The van der Waals surface area contributed by atoms with Crippen molar-refractivity contribution in [2.75, 3.05) is 6.61 Å². The van der Waals surface area contributed by atoms with Crippen LogP contribution in [-0.4, -0.2) is 23.7 Å². The molecule has 3 aromatic rings. The van der Waals surface area contributed by atoms with Crippen molar-refractivity contribution in [3.8, 4) is 11.1 Å². The molecular weight excluding hydrogens is 378 g/mol. The molecule has 0 spiro atoms. The number of hydrogen-bond acceptors (Lipinski definition) is 4. The van der Waals surface area contributed by atoms with Crippen LogP contribution in [0, 0.1) is 12.8 Å². The van der Waals surface area contributed by atoms with Crippen molar-refractivity contribution >= 4 is 11.9 Å². The second kappa shape index (κ2) is 8.13. The quantitative estimate of drug-likeness (QED) is 0.480. The lowest BCUT2D eigenvalue weighted by Crippen LogP contribution is -2.36. The lowest BCUT2D eigenvalue weighted by atomic mass is 9.92. The smallest absolute Gasteiger partial charge is 0.322 e. The van der Waals surface area contributed by atoms with Crippen molar-refractivity contribution < 1.29 is 19.4 Å². The molecule has 0 radical (unpaired) electrons. The number of carbonyl (C=O) groups is 2. The zero-order valence-electron chi connectivity index (χ0n) is 16.6. The van der Waals surface area contributed by atoms with Crippen LogP contribution in [-0.2, 0) is 14.3 Å². The van der Waals surface area contributed by atoms with Crippen LogP contribution in [0.2, 0.25) is 0 Å². The molecule has 2 atom stereocenters. The monoisotopic (exact) mass is 401 g/mol. The predicted molar refractivity (Wildman–Crippen MR) is 114 cm³/mol. The summed E-state index contributed by atoms with van der Waals surface area (Å²) in [6, 6.07) is 22.2. The Hall–Kier alpha value is -3.44. The summed E-state index contributed by atoms with van der Waals surface area (Å²) in [6.45, 7) is 1.95. The van der Waals surface area contributed by atoms with Crippen LogP contribution >= 0.6 is 0 Å². The molecule has 5 heteroatoms. The SMILES string of the molecule is Cc1cccc(C(N)[C@@H](C(=O)O)C(=O)OCC2c3ccccc3-c3ccccc32)c1. The summed E-state index contributed by atoms with van der Waals surface area (Å²) in [6.07, 6.45) is 0. The third-order valence-corrected chi connectivity index (χ3v) is 5.66. The molecule has 4 rings (SSSR count).